The molecule has 8 heteroatoms. The molecule has 0 radical (unpaired) electrons. The van der Waals surface area contributed by atoms with E-state index in [0.717, 1.165) is 12.1 Å². The van der Waals surface area contributed by atoms with Crippen molar-refractivity contribution in [2.45, 2.75) is 31.4 Å². The predicted octanol–water partition coefficient (Wildman–Crippen LogP) is 2.60. The van der Waals surface area contributed by atoms with Crippen molar-refractivity contribution >= 4 is 12.0 Å². The number of nitrogens with one attached hydrogen (secondary N) is 2. The lowest BCUT2D eigenvalue weighted by molar-refractivity contribution is -0.137. The number of ether oxygens (including phenoxy) is 1. The Labute approximate surface area is 137 Å². The lowest BCUT2D eigenvalue weighted by atomic mass is 9.93. The number of rotatable bonds is 6. The Morgan fingerprint density at radius 1 is 1.21 bits per heavy atom. The molecule has 1 aliphatic rings. The smallest absolute Gasteiger partial charge is 0.416 e. The maximum atomic E-state index is 12.8. The van der Waals surface area contributed by atoms with E-state index in [1.807, 2.05) is 0 Å². The summed E-state index contributed by atoms with van der Waals surface area (Å²) in [4.78, 5) is 23.4. The molecule has 0 atom stereocenters. The van der Waals surface area contributed by atoms with E-state index in [4.69, 9.17) is 0 Å². The zero-order valence-corrected chi connectivity index (χ0v) is 13.2. The number of benzene rings is 1. The Morgan fingerprint density at radius 3 is 2.46 bits per heavy atom. The van der Waals surface area contributed by atoms with E-state index in [1.54, 1.807) is 13.0 Å². The normalized spacial score (nSPS) is 15.5. The molecular formula is C16H19F3N2O3. The molecule has 0 heterocycles. The summed E-state index contributed by atoms with van der Waals surface area (Å²) in [7, 11) is 0. The number of hydrogen-bond donors (Lipinski definition) is 2. The molecule has 132 valence electrons. The number of alkyl halides is 3. The van der Waals surface area contributed by atoms with E-state index < -0.39 is 23.2 Å². The van der Waals surface area contributed by atoms with Gasteiger partial charge in [-0.25, -0.2) is 4.79 Å². The number of carbonyl (C=O) groups excluding carboxylic acids is 2. The van der Waals surface area contributed by atoms with Gasteiger partial charge in [0.1, 0.15) is 0 Å². The number of amides is 2. The molecule has 0 bridgehead atoms. The number of carbonyl (C=O) groups is 2. The molecule has 5 nitrogen and oxygen atoms in total. The first-order valence-corrected chi connectivity index (χ1v) is 7.66. The predicted molar refractivity (Wildman–Crippen MR) is 80.4 cm³/mol. The van der Waals surface area contributed by atoms with Crippen molar-refractivity contribution in [3.8, 4) is 0 Å². The maximum absolute atomic E-state index is 12.8. The number of alkyl carbamates (subject to hydrolysis) is 1. The van der Waals surface area contributed by atoms with Crippen LogP contribution in [0.3, 0.4) is 0 Å². The summed E-state index contributed by atoms with van der Waals surface area (Å²) >= 11 is 0. The summed E-state index contributed by atoms with van der Waals surface area (Å²) < 4.78 is 43.1. The highest BCUT2D eigenvalue weighted by Crippen LogP contribution is 2.49. The first-order valence-electron chi connectivity index (χ1n) is 7.66. The molecule has 1 aromatic rings. The summed E-state index contributed by atoms with van der Waals surface area (Å²) in [6.07, 6.45) is -4.01. The summed E-state index contributed by atoms with van der Waals surface area (Å²) in [5.41, 5.74) is -1.29. The molecule has 0 spiro atoms. The minimum Gasteiger partial charge on any atom is -0.450 e. The van der Waals surface area contributed by atoms with E-state index in [9.17, 15) is 22.8 Å². The second-order valence-corrected chi connectivity index (χ2v) is 5.56. The molecular weight excluding hydrogens is 325 g/mol. The van der Waals surface area contributed by atoms with Crippen LogP contribution in [0.25, 0.3) is 0 Å². The van der Waals surface area contributed by atoms with Gasteiger partial charge in [0.25, 0.3) is 0 Å². The quantitative estimate of drug-likeness (QED) is 0.780. The van der Waals surface area contributed by atoms with Crippen LogP contribution in [-0.4, -0.2) is 31.7 Å². The molecule has 2 N–H and O–H groups in total. The third-order valence-electron chi connectivity index (χ3n) is 3.88. The molecule has 24 heavy (non-hydrogen) atoms. The fourth-order valence-electron chi connectivity index (χ4n) is 2.46. The average Bonchev–Trinajstić information content (AvgIpc) is 3.33. The van der Waals surface area contributed by atoms with E-state index in [-0.39, 0.29) is 25.6 Å². The van der Waals surface area contributed by atoms with Gasteiger partial charge in [0.2, 0.25) is 5.91 Å². The zero-order chi connectivity index (χ0) is 17.8. The summed E-state index contributed by atoms with van der Waals surface area (Å²) in [6, 6.07) is 4.87. The van der Waals surface area contributed by atoms with Crippen molar-refractivity contribution in [2.24, 2.45) is 0 Å². The van der Waals surface area contributed by atoms with Crippen LogP contribution in [0, 0.1) is 0 Å². The van der Waals surface area contributed by atoms with Crippen molar-refractivity contribution in [3.05, 3.63) is 35.4 Å². The minimum absolute atomic E-state index is 0.179. The summed E-state index contributed by atoms with van der Waals surface area (Å²) in [6.45, 7) is 2.28. The van der Waals surface area contributed by atoms with Crippen LogP contribution in [0.4, 0.5) is 18.0 Å². The largest absolute Gasteiger partial charge is 0.450 e. The van der Waals surface area contributed by atoms with E-state index >= 15 is 0 Å². The molecule has 0 saturated heterocycles. The molecule has 0 aliphatic heterocycles. The molecule has 2 amide bonds. The average molecular weight is 344 g/mol. The summed E-state index contributed by atoms with van der Waals surface area (Å²) in [5.74, 6) is -0.326. The molecule has 1 aromatic carbocycles. The van der Waals surface area contributed by atoms with E-state index in [1.165, 1.54) is 6.07 Å². The Balaban J connectivity index is 1.94. The highest BCUT2D eigenvalue weighted by Gasteiger charge is 2.51. The topological polar surface area (TPSA) is 67.4 Å². The van der Waals surface area contributed by atoms with Gasteiger partial charge in [-0.3, -0.25) is 4.79 Å². The van der Waals surface area contributed by atoms with Gasteiger partial charge in [-0.15, -0.1) is 0 Å². The Kier molecular flexibility index (Phi) is 5.36. The standard InChI is InChI=1S/C16H19F3N2O3/c1-2-24-14(23)21-9-8-20-13(22)15(6-7-15)11-4-3-5-12(10-11)16(17,18)19/h3-5,10H,2,6-9H2,1H3,(H,20,22)(H,21,23). The molecule has 0 aromatic heterocycles. The van der Waals surface area contributed by atoms with Crippen molar-refractivity contribution < 1.29 is 27.5 Å². The lowest BCUT2D eigenvalue weighted by Crippen LogP contribution is -2.40. The monoisotopic (exact) mass is 344 g/mol. The second-order valence-electron chi connectivity index (χ2n) is 5.56. The van der Waals surface area contributed by atoms with Gasteiger partial charge in [0.15, 0.2) is 0 Å². The van der Waals surface area contributed by atoms with Crippen molar-refractivity contribution in [1.29, 1.82) is 0 Å². The maximum Gasteiger partial charge on any atom is 0.416 e. The minimum atomic E-state index is -4.44. The zero-order valence-electron chi connectivity index (χ0n) is 13.2. The van der Waals surface area contributed by atoms with Gasteiger partial charge < -0.3 is 15.4 Å². The Bertz CT molecular complexity index is 613. The van der Waals surface area contributed by atoms with Crippen LogP contribution in [-0.2, 0) is 21.1 Å². The van der Waals surface area contributed by atoms with Crippen molar-refractivity contribution in [3.63, 3.8) is 0 Å². The second kappa shape index (κ2) is 7.11. The van der Waals surface area contributed by atoms with Gasteiger partial charge in [0, 0.05) is 13.1 Å². The first-order chi connectivity index (χ1) is 11.3. The van der Waals surface area contributed by atoms with Crippen LogP contribution in [0.1, 0.15) is 30.9 Å². The third-order valence-corrected chi connectivity index (χ3v) is 3.88. The molecule has 2 rings (SSSR count). The molecule has 0 unspecified atom stereocenters. The first kappa shape index (κ1) is 18.1. The third kappa shape index (κ3) is 4.18. The van der Waals surface area contributed by atoms with Gasteiger partial charge in [-0.2, -0.15) is 13.2 Å². The van der Waals surface area contributed by atoms with E-state index in [0.29, 0.717) is 18.4 Å². The fraction of sp³-hybridized carbons (Fsp3) is 0.500. The number of hydrogen-bond acceptors (Lipinski definition) is 3. The van der Waals surface area contributed by atoms with E-state index in [2.05, 4.69) is 15.4 Å². The van der Waals surface area contributed by atoms with Crippen LogP contribution >= 0.6 is 0 Å². The van der Waals surface area contributed by atoms with Crippen LogP contribution in [0.15, 0.2) is 24.3 Å². The van der Waals surface area contributed by atoms with Crippen molar-refractivity contribution in [1.82, 2.24) is 10.6 Å². The molecule has 1 aliphatic carbocycles. The Morgan fingerprint density at radius 2 is 1.88 bits per heavy atom. The summed E-state index contributed by atoms with van der Waals surface area (Å²) in [5, 5.41) is 5.10. The molecule has 1 saturated carbocycles. The lowest BCUT2D eigenvalue weighted by Gasteiger charge is -2.17. The highest BCUT2D eigenvalue weighted by atomic mass is 19.4. The Hall–Kier alpha value is -2.25. The van der Waals surface area contributed by atoms with Gasteiger partial charge >= 0.3 is 12.3 Å². The van der Waals surface area contributed by atoms with Gasteiger partial charge in [-0.1, -0.05) is 18.2 Å². The SMILES string of the molecule is CCOC(=O)NCCNC(=O)C1(c2cccc(C(F)(F)F)c2)CC1. The van der Waals surface area contributed by atoms with Crippen LogP contribution in [0.5, 0.6) is 0 Å². The number of halogens is 3. The van der Waals surface area contributed by atoms with Crippen LogP contribution < -0.4 is 10.6 Å². The molecule has 1 fully saturated rings. The highest BCUT2D eigenvalue weighted by molar-refractivity contribution is 5.91. The van der Waals surface area contributed by atoms with Crippen molar-refractivity contribution in [2.75, 3.05) is 19.7 Å². The van der Waals surface area contributed by atoms with Gasteiger partial charge in [0.05, 0.1) is 17.6 Å². The fourth-order valence-corrected chi connectivity index (χ4v) is 2.46. The van der Waals surface area contributed by atoms with Crippen LogP contribution in [0.2, 0.25) is 0 Å². The van der Waals surface area contributed by atoms with Gasteiger partial charge in [-0.05, 0) is 31.4 Å².